The molecule has 1 N–H and O–H groups in total. The van der Waals surface area contributed by atoms with Crippen LogP contribution in [0.3, 0.4) is 0 Å². The number of halogens is 1. The lowest BCUT2D eigenvalue weighted by Crippen LogP contribution is -2.44. The van der Waals surface area contributed by atoms with E-state index in [2.05, 4.69) is 37.5 Å². The number of piperazine rings is 1. The topological polar surface area (TPSA) is 61.9 Å². The van der Waals surface area contributed by atoms with Crippen molar-refractivity contribution in [2.45, 2.75) is 11.8 Å². The zero-order valence-corrected chi connectivity index (χ0v) is 18.1. The number of nitrogens with one attached hydrogen (secondary N) is 1. The Morgan fingerprint density at radius 1 is 1.07 bits per heavy atom. The standard InChI is InChI=1S/C19H24BrN3O3S/c1-14-4-5-15(12-17(14)20)21-27(24,25)16-6-7-19(26-3)18(13-16)23-10-8-22(2)9-11-23/h4-7,12-13,21H,8-11H2,1-3H3. The molecule has 8 heteroatoms. The molecule has 0 bridgehead atoms. The van der Waals surface area contributed by atoms with E-state index in [1.165, 1.54) is 0 Å². The van der Waals surface area contributed by atoms with Gasteiger partial charge in [0.1, 0.15) is 5.75 Å². The van der Waals surface area contributed by atoms with Crippen molar-refractivity contribution >= 4 is 37.3 Å². The summed E-state index contributed by atoms with van der Waals surface area (Å²) in [4.78, 5) is 4.63. The Kier molecular flexibility index (Phi) is 5.98. The summed E-state index contributed by atoms with van der Waals surface area (Å²) in [6.45, 7) is 5.46. The number of ether oxygens (including phenoxy) is 1. The van der Waals surface area contributed by atoms with Gasteiger partial charge in [-0.25, -0.2) is 8.42 Å². The minimum atomic E-state index is -3.70. The van der Waals surface area contributed by atoms with Crippen LogP contribution in [0.25, 0.3) is 0 Å². The smallest absolute Gasteiger partial charge is 0.261 e. The van der Waals surface area contributed by atoms with E-state index in [9.17, 15) is 8.42 Å². The van der Waals surface area contributed by atoms with E-state index in [0.717, 1.165) is 41.9 Å². The molecular formula is C19H24BrN3O3S. The van der Waals surface area contributed by atoms with Crippen LogP contribution in [0.2, 0.25) is 0 Å². The number of methoxy groups -OCH3 is 1. The molecule has 2 aromatic rings. The number of hydrogen-bond donors (Lipinski definition) is 1. The highest BCUT2D eigenvalue weighted by molar-refractivity contribution is 9.10. The normalized spacial score (nSPS) is 15.6. The molecule has 0 aliphatic carbocycles. The van der Waals surface area contributed by atoms with Gasteiger partial charge in [-0.15, -0.1) is 0 Å². The fourth-order valence-electron chi connectivity index (χ4n) is 3.00. The molecule has 0 spiro atoms. The first kappa shape index (κ1) is 20.0. The Bertz CT molecular complexity index is 926. The van der Waals surface area contributed by atoms with E-state index in [1.54, 1.807) is 37.4 Å². The largest absolute Gasteiger partial charge is 0.495 e. The molecule has 1 aliphatic heterocycles. The first-order valence-corrected chi connectivity index (χ1v) is 11.0. The number of aryl methyl sites for hydroxylation is 1. The summed E-state index contributed by atoms with van der Waals surface area (Å²) in [5.41, 5.74) is 2.36. The number of nitrogens with zero attached hydrogens (tertiary/aromatic N) is 2. The molecule has 1 aliphatic rings. The highest BCUT2D eigenvalue weighted by Crippen LogP contribution is 2.32. The maximum Gasteiger partial charge on any atom is 0.261 e. The Morgan fingerprint density at radius 2 is 1.78 bits per heavy atom. The number of likely N-dealkylation sites (N-methyl/N-ethyl adjacent to an activating group) is 1. The van der Waals surface area contributed by atoms with Gasteiger partial charge in [0.2, 0.25) is 0 Å². The van der Waals surface area contributed by atoms with Crippen LogP contribution in [0.1, 0.15) is 5.56 Å². The molecule has 0 saturated carbocycles. The van der Waals surface area contributed by atoms with Crippen LogP contribution in [-0.2, 0) is 10.0 Å². The summed E-state index contributed by atoms with van der Waals surface area (Å²) in [7, 11) is -0.0186. The molecule has 3 rings (SSSR count). The Morgan fingerprint density at radius 3 is 2.41 bits per heavy atom. The van der Waals surface area contributed by atoms with Crippen molar-refractivity contribution in [1.29, 1.82) is 0 Å². The number of sulfonamides is 1. The van der Waals surface area contributed by atoms with Gasteiger partial charge in [-0.05, 0) is 49.9 Å². The average Bonchev–Trinajstić information content (AvgIpc) is 2.64. The van der Waals surface area contributed by atoms with Crippen LogP contribution in [0.15, 0.2) is 45.8 Å². The summed E-state index contributed by atoms with van der Waals surface area (Å²) in [5, 5.41) is 0. The molecule has 2 aromatic carbocycles. The lowest BCUT2D eigenvalue weighted by atomic mass is 10.2. The molecule has 1 saturated heterocycles. The molecule has 0 amide bonds. The van der Waals surface area contributed by atoms with Crippen LogP contribution in [0.5, 0.6) is 5.75 Å². The molecule has 146 valence electrons. The third-order valence-electron chi connectivity index (χ3n) is 4.73. The second-order valence-corrected chi connectivity index (χ2v) is 9.23. The van der Waals surface area contributed by atoms with Gasteiger partial charge in [0, 0.05) is 36.3 Å². The fraction of sp³-hybridized carbons (Fsp3) is 0.368. The molecule has 27 heavy (non-hydrogen) atoms. The minimum Gasteiger partial charge on any atom is -0.495 e. The Hall–Kier alpha value is -1.77. The fourth-order valence-corrected chi connectivity index (χ4v) is 4.45. The predicted molar refractivity (Wildman–Crippen MR) is 112 cm³/mol. The molecule has 1 fully saturated rings. The molecule has 0 atom stereocenters. The molecule has 1 heterocycles. The third-order valence-corrected chi connectivity index (χ3v) is 6.96. The summed E-state index contributed by atoms with van der Waals surface area (Å²) >= 11 is 3.44. The molecule has 0 aromatic heterocycles. The first-order valence-electron chi connectivity index (χ1n) is 8.70. The van der Waals surface area contributed by atoms with Gasteiger partial charge in [-0.2, -0.15) is 0 Å². The van der Waals surface area contributed by atoms with E-state index < -0.39 is 10.0 Å². The van der Waals surface area contributed by atoms with Crippen molar-refractivity contribution in [1.82, 2.24) is 4.90 Å². The SMILES string of the molecule is COc1ccc(S(=O)(=O)Nc2ccc(C)c(Br)c2)cc1N1CCN(C)CC1. The lowest BCUT2D eigenvalue weighted by Gasteiger charge is -2.34. The lowest BCUT2D eigenvalue weighted by molar-refractivity contribution is 0.311. The maximum absolute atomic E-state index is 12.9. The number of hydrogen-bond acceptors (Lipinski definition) is 5. The van der Waals surface area contributed by atoms with Gasteiger partial charge < -0.3 is 14.5 Å². The second-order valence-electron chi connectivity index (χ2n) is 6.69. The van der Waals surface area contributed by atoms with Crippen molar-refractivity contribution in [2.75, 3.05) is 50.0 Å². The van der Waals surface area contributed by atoms with E-state index >= 15 is 0 Å². The number of benzene rings is 2. The van der Waals surface area contributed by atoms with Crippen molar-refractivity contribution in [3.63, 3.8) is 0 Å². The van der Waals surface area contributed by atoms with Gasteiger partial charge >= 0.3 is 0 Å². The zero-order chi connectivity index (χ0) is 19.6. The van der Waals surface area contributed by atoms with Crippen LogP contribution in [0.4, 0.5) is 11.4 Å². The van der Waals surface area contributed by atoms with Gasteiger partial charge in [0.05, 0.1) is 17.7 Å². The Labute approximate surface area is 169 Å². The van der Waals surface area contributed by atoms with Crippen molar-refractivity contribution < 1.29 is 13.2 Å². The third kappa shape index (κ3) is 4.56. The highest BCUT2D eigenvalue weighted by atomic mass is 79.9. The van der Waals surface area contributed by atoms with Crippen molar-refractivity contribution in [3.8, 4) is 5.75 Å². The average molecular weight is 454 g/mol. The summed E-state index contributed by atoms with van der Waals surface area (Å²) < 4.78 is 34.8. The molecule has 0 radical (unpaired) electrons. The minimum absolute atomic E-state index is 0.217. The van der Waals surface area contributed by atoms with Gasteiger partial charge in [-0.3, -0.25) is 4.72 Å². The predicted octanol–water partition coefficient (Wildman–Crippen LogP) is 3.32. The van der Waals surface area contributed by atoms with Crippen LogP contribution < -0.4 is 14.4 Å². The molecular weight excluding hydrogens is 430 g/mol. The second kappa shape index (κ2) is 8.08. The molecule has 0 unspecified atom stereocenters. The summed E-state index contributed by atoms with van der Waals surface area (Å²) in [6.07, 6.45) is 0. The van der Waals surface area contributed by atoms with Gasteiger partial charge in [0.15, 0.2) is 0 Å². The van der Waals surface area contributed by atoms with Gasteiger partial charge in [0.25, 0.3) is 10.0 Å². The van der Waals surface area contributed by atoms with Crippen LogP contribution in [-0.4, -0.2) is 53.7 Å². The van der Waals surface area contributed by atoms with Crippen molar-refractivity contribution in [3.05, 3.63) is 46.4 Å². The maximum atomic E-state index is 12.9. The highest BCUT2D eigenvalue weighted by Gasteiger charge is 2.22. The monoisotopic (exact) mass is 453 g/mol. The molecule has 6 nitrogen and oxygen atoms in total. The Balaban J connectivity index is 1.90. The van der Waals surface area contributed by atoms with E-state index in [-0.39, 0.29) is 4.90 Å². The quantitative estimate of drug-likeness (QED) is 0.751. The summed E-state index contributed by atoms with van der Waals surface area (Å²) in [6, 6.07) is 10.4. The van der Waals surface area contributed by atoms with Gasteiger partial charge in [-0.1, -0.05) is 22.0 Å². The van der Waals surface area contributed by atoms with E-state index in [1.807, 2.05) is 13.0 Å². The summed E-state index contributed by atoms with van der Waals surface area (Å²) in [5.74, 6) is 0.677. The first-order chi connectivity index (χ1) is 12.8. The van der Waals surface area contributed by atoms with E-state index in [4.69, 9.17) is 4.74 Å². The zero-order valence-electron chi connectivity index (χ0n) is 15.7. The van der Waals surface area contributed by atoms with E-state index in [0.29, 0.717) is 11.4 Å². The number of rotatable bonds is 5. The van der Waals surface area contributed by atoms with Crippen molar-refractivity contribution in [2.24, 2.45) is 0 Å². The van der Waals surface area contributed by atoms with Crippen LogP contribution >= 0.6 is 15.9 Å². The number of anilines is 2. The van der Waals surface area contributed by atoms with Crippen LogP contribution in [0, 0.1) is 6.92 Å².